The highest BCUT2D eigenvalue weighted by Crippen LogP contribution is 2.51. The van der Waals surface area contributed by atoms with Gasteiger partial charge in [-0.1, -0.05) is 406 Å². The number of anilines is 9. The summed E-state index contributed by atoms with van der Waals surface area (Å²) in [5.41, 5.74) is 29.8. The van der Waals surface area contributed by atoms with Gasteiger partial charge >= 0.3 is 0 Å². The van der Waals surface area contributed by atoms with E-state index in [9.17, 15) is 0 Å². The zero-order valence-corrected chi connectivity index (χ0v) is 75.3. The first-order chi connectivity index (χ1) is 68.5. The van der Waals surface area contributed by atoms with Crippen molar-refractivity contribution in [3.8, 4) is 66.8 Å². The molecule has 24 aromatic carbocycles. The SMILES string of the molecule is c1ccc(-c2ccc(N(c3ccc(-c4ccccc4)cc3)c3cccc4c3ccc3ccc5oc6ccccc6c5c34)cc2)cc1.c1ccc(-c2ccc(N(c3cccc(-c4ccccc4)c3)c3cccc4c3ccc3ccc5oc6ccccc6c5c34)cc2)cc1.c1ccc(-c2ccc(N(c3ccccc3-c3ccccc3)c3cccc4c3ccc3ccc5oc6ccccc6c5c34)cc2)cc1. The van der Waals surface area contributed by atoms with Gasteiger partial charge in [-0.3, -0.25) is 0 Å². The second-order valence-corrected chi connectivity index (χ2v) is 35.2. The number of hydrogen-bond acceptors (Lipinski definition) is 6. The van der Waals surface area contributed by atoms with Gasteiger partial charge in [0, 0.05) is 98.6 Å². The first kappa shape index (κ1) is 81.6. The van der Waals surface area contributed by atoms with Crippen molar-refractivity contribution in [2.75, 3.05) is 14.7 Å². The van der Waals surface area contributed by atoms with E-state index in [-0.39, 0.29) is 0 Å². The second-order valence-electron chi connectivity index (χ2n) is 35.2. The van der Waals surface area contributed by atoms with E-state index in [1.807, 2.05) is 18.2 Å². The van der Waals surface area contributed by atoms with Crippen LogP contribution >= 0.6 is 0 Å². The van der Waals surface area contributed by atoms with Crippen molar-refractivity contribution in [1.29, 1.82) is 0 Å². The predicted molar refractivity (Wildman–Crippen MR) is 583 cm³/mol. The largest absolute Gasteiger partial charge is 0.456 e. The molecule has 0 aliphatic carbocycles. The molecule has 0 N–H and O–H groups in total. The Bertz CT molecular complexity index is 9140. The fourth-order valence-corrected chi connectivity index (χ4v) is 20.7. The van der Waals surface area contributed by atoms with E-state index in [1.165, 1.54) is 148 Å². The minimum absolute atomic E-state index is 0.911. The quantitative estimate of drug-likeness (QED) is 0.0954. The predicted octanol–water partition coefficient (Wildman–Crippen LogP) is 38.1. The lowest BCUT2D eigenvalue weighted by Crippen LogP contribution is -2.11. The van der Waals surface area contributed by atoms with Crippen LogP contribution < -0.4 is 14.7 Å². The Morgan fingerprint density at radius 1 is 0.123 bits per heavy atom. The molecule has 0 radical (unpaired) electrons. The minimum Gasteiger partial charge on any atom is -0.456 e. The Balaban J connectivity index is 0.000000110. The van der Waals surface area contributed by atoms with Gasteiger partial charge in [0.1, 0.15) is 33.5 Å². The lowest BCUT2D eigenvalue weighted by molar-refractivity contribution is 0.669. The lowest BCUT2D eigenvalue weighted by Gasteiger charge is -2.29. The maximum absolute atomic E-state index is 6.33. The smallest absolute Gasteiger partial charge is 0.136 e. The number of benzene rings is 24. The first-order valence-electron chi connectivity index (χ1n) is 47.1. The molecule has 6 nitrogen and oxygen atoms in total. The number of hydrogen-bond donors (Lipinski definition) is 0. The van der Waals surface area contributed by atoms with Crippen molar-refractivity contribution in [1.82, 2.24) is 0 Å². The molecule has 6 heteroatoms. The Labute approximate surface area is 798 Å². The number of furan rings is 3. The van der Waals surface area contributed by atoms with E-state index < -0.39 is 0 Å². The fraction of sp³-hybridized carbons (Fsp3) is 0. The molecule has 0 saturated carbocycles. The molecule has 27 aromatic rings. The van der Waals surface area contributed by atoms with Gasteiger partial charge in [0.2, 0.25) is 0 Å². The molecule has 648 valence electrons. The first-order valence-corrected chi connectivity index (χ1v) is 47.1. The normalized spacial score (nSPS) is 11.5. The second kappa shape index (κ2) is 35.3. The minimum atomic E-state index is 0.911. The summed E-state index contributed by atoms with van der Waals surface area (Å²) in [6.07, 6.45) is 0. The molecule has 0 atom stereocenters. The van der Waals surface area contributed by atoms with Crippen molar-refractivity contribution in [2.45, 2.75) is 0 Å². The topological polar surface area (TPSA) is 49.1 Å². The van der Waals surface area contributed by atoms with Crippen molar-refractivity contribution >= 4 is 182 Å². The molecular weight excluding hydrogens is 1680 g/mol. The molecule has 0 fully saturated rings. The van der Waals surface area contributed by atoms with Crippen LogP contribution in [0.5, 0.6) is 0 Å². The van der Waals surface area contributed by atoms with E-state index in [4.69, 9.17) is 13.3 Å². The van der Waals surface area contributed by atoms with Crippen LogP contribution in [0.2, 0.25) is 0 Å². The van der Waals surface area contributed by atoms with Gasteiger partial charge in [-0.2, -0.15) is 0 Å². The molecule has 0 aliphatic rings. The molecule has 0 unspecified atom stereocenters. The molecule has 0 amide bonds. The van der Waals surface area contributed by atoms with E-state index in [0.29, 0.717) is 0 Å². The third-order valence-electron chi connectivity index (χ3n) is 27.2. The molecule has 3 aromatic heterocycles. The van der Waals surface area contributed by atoms with Crippen LogP contribution in [0.25, 0.3) is 197 Å². The highest BCUT2D eigenvalue weighted by Gasteiger charge is 2.26. The van der Waals surface area contributed by atoms with Gasteiger partial charge in [0.15, 0.2) is 0 Å². The molecule has 138 heavy (non-hydrogen) atoms. The molecule has 0 saturated heterocycles. The summed E-state index contributed by atoms with van der Waals surface area (Å²) in [7, 11) is 0. The number of nitrogens with zero attached hydrogens (tertiary/aromatic N) is 3. The van der Waals surface area contributed by atoms with Crippen LogP contribution in [0.15, 0.2) is 541 Å². The van der Waals surface area contributed by atoms with Gasteiger partial charge in [-0.05, 0) is 215 Å². The van der Waals surface area contributed by atoms with Crippen LogP contribution in [0, 0.1) is 0 Å². The average Bonchev–Trinajstić information content (AvgIpc) is 1.54. The van der Waals surface area contributed by atoms with Gasteiger partial charge in [0.25, 0.3) is 0 Å². The van der Waals surface area contributed by atoms with E-state index in [2.05, 4.69) is 524 Å². The summed E-state index contributed by atoms with van der Waals surface area (Å²) >= 11 is 0. The van der Waals surface area contributed by atoms with Gasteiger partial charge in [-0.25, -0.2) is 0 Å². The lowest BCUT2D eigenvalue weighted by atomic mass is 9.95. The summed E-state index contributed by atoms with van der Waals surface area (Å²) < 4.78 is 19.0. The summed E-state index contributed by atoms with van der Waals surface area (Å²) in [5.74, 6) is 0. The molecule has 0 aliphatic heterocycles. The maximum Gasteiger partial charge on any atom is 0.136 e. The zero-order valence-electron chi connectivity index (χ0n) is 75.3. The molecule has 27 rings (SSSR count). The van der Waals surface area contributed by atoms with E-state index >= 15 is 0 Å². The summed E-state index contributed by atoms with van der Waals surface area (Å²) in [6, 6.07) is 188. The third kappa shape index (κ3) is 14.9. The van der Waals surface area contributed by atoms with Gasteiger partial charge < -0.3 is 28.0 Å². The summed E-state index contributed by atoms with van der Waals surface area (Å²) in [6.45, 7) is 0. The Hall–Kier alpha value is -18.4. The third-order valence-corrected chi connectivity index (χ3v) is 27.2. The monoisotopic (exact) mass is 1760 g/mol. The molecule has 3 heterocycles. The van der Waals surface area contributed by atoms with Crippen LogP contribution in [0.4, 0.5) is 51.2 Å². The van der Waals surface area contributed by atoms with Crippen LogP contribution in [0.1, 0.15) is 0 Å². The maximum atomic E-state index is 6.33. The van der Waals surface area contributed by atoms with Crippen LogP contribution in [0.3, 0.4) is 0 Å². The standard InChI is InChI=1S/3C44H29NO/c1-3-12-30(13-4-1)31-22-26-34(27-23-31)45(39-19-9-7-16-35(39)32-14-5-2-6-15-32)40-20-11-18-37-36(40)28-24-33-25-29-42-44(43(33)37)38-17-8-10-21-41(38)46-42;1-3-11-30(12-4-1)32-21-25-35(26-22-32)45(36-16-9-15-34(29-36)31-13-5-2-6-14-31)40-19-10-18-38-37(40)27-23-33-24-28-42-44(43(33)38)39-17-7-8-20-41(39)46-42;1-3-10-30(11-4-1)32-18-24-35(25-19-32)45(36-26-20-33(21-27-36)31-12-5-2-6-13-31)40-16-9-15-38-37(40)28-22-34-23-29-42-44(43(34)38)39-14-7-8-17-41(39)46-42/h3*1-29H. The zero-order chi connectivity index (χ0) is 91.4. The number of fused-ring (bicyclic) bond motifs is 21. The Morgan fingerprint density at radius 3 is 0.725 bits per heavy atom. The molecule has 0 spiro atoms. The van der Waals surface area contributed by atoms with Gasteiger partial charge in [0.05, 0.1) is 22.7 Å². The van der Waals surface area contributed by atoms with Crippen molar-refractivity contribution in [3.05, 3.63) is 528 Å². The number of rotatable bonds is 15. The van der Waals surface area contributed by atoms with Crippen molar-refractivity contribution in [3.63, 3.8) is 0 Å². The Morgan fingerprint density at radius 2 is 0.370 bits per heavy atom. The summed E-state index contributed by atoms with van der Waals surface area (Å²) in [5, 5.41) is 21.4. The van der Waals surface area contributed by atoms with E-state index in [0.717, 1.165) is 101 Å². The van der Waals surface area contributed by atoms with Crippen LogP contribution in [-0.2, 0) is 0 Å². The number of para-hydroxylation sites is 4. The summed E-state index contributed by atoms with van der Waals surface area (Å²) in [4.78, 5) is 7.19. The van der Waals surface area contributed by atoms with Crippen molar-refractivity contribution in [2.24, 2.45) is 0 Å². The Kier molecular flexibility index (Phi) is 20.9. The highest BCUT2D eigenvalue weighted by atomic mass is 16.3. The highest BCUT2D eigenvalue weighted by molar-refractivity contribution is 6.31. The van der Waals surface area contributed by atoms with Gasteiger partial charge in [-0.15, -0.1) is 0 Å². The molecular formula is C132H87N3O3. The van der Waals surface area contributed by atoms with Crippen molar-refractivity contribution < 1.29 is 13.3 Å². The van der Waals surface area contributed by atoms with E-state index in [1.54, 1.807) is 0 Å². The average molecular weight is 1760 g/mol. The molecule has 0 bridgehead atoms. The van der Waals surface area contributed by atoms with Crippen LogP contribution in [-0.4, -0.2) is 0 Å². The fourth-order valence-electron chi connectivity index (χ4n) is 20.7.